The van der Waals surface area contributed by atoms with E-state index in [2.05, 4.69) is 13.8 Å². The van der Waals surface area contributed by atoms with Crippen molar-refractivity contribution in [3.8, 4) is 0 Å². The fourth-order valence-corrected chi connectivity index (χ4v) is 12.1. The number of hydrogen-bond acceptors (Lipinski definition) is 23. The van der Waals surface area contributed by atoms with Crippen LogP contribution in [-0.2, 0) is 47.4 Å². The lowest BCUT2D eigenvalue weighted by molar-refractivity contribution is -0.372. The van der Waals surface area contributed by atoms with Gasteiger partial charge in [0, 0.05) is 19.6 Å². The normalized spacial score (nSPS) is 42.8. The Kier molecular flexibility index (Phi) is 27.6. The van der Waals surface area contributed by atoms with Crippen LogP contribution in [0.25, 0.3) is 0 Å². The van der Waals surface area contributed by atoms with E-state index in [0.717, 1.165) is 38.5 Å². The number of rotatable bonds is 34. The molecule has 2 aliphatic carbocycles. The standard InChI is InChI=1S/C53H96O23/c1-3-5-7-9-11-13-15-17-19-67-27-31-29-21-30(32(31)28-68-20-18-16-14-12-10-8-6-4-2)48(75-53-46(66)43(63)49(38(26-57)73-53)76-52-45(65)42(62)40(60)37(25-56)72-52)47(29)74-50-33(58)22-34(35(23-54)70-50)69-51-44(64)41(61)39(59)36(24-55)71-51/h29-66H,3-28H2,1-2H3/t29?,30-,31?,32?,33?,34-,35?,36?,37?,38?,39+,40+,41-,42-,43+,44?,45?,46?,47?,48+,49+,50-,51-,52+,53-/m0/s1. The third-order valence-corrected chi connectivity index (χ3v) is 16.7. The molecular formula is C53H96O23. The Bertz CT molecular complexity index is 1570. The maximum Gasteiger partial charge on any atom is 0.187 e. The molecule has 2 saturated carbocycles. The summed E-state index contributed by atoms with van der Waals surface area (Å²) in [5.41, 5.74) is 0. The highest BCUT2D eigenvalue weighted by molar-refractivity contribution is 5.09. The Morgan fingerprint density at radius 2 is 0.724 bits per heavy atom. The van der Waals surface area contributed by atoms with Gasteiger partial charge in [-0.15, -0.1) is 0 Å². The quantitative estimate of drug-likeness (QED) is 0.0352. The van der Waals surface area contributed by atoms with Gasteiger partial charge in [-0.2, -0.15) is 0 Å². The average Bonchev–Trinajstić information content (AvgIpc) is 3.96. The molecule has 446 valence electrons. The number of fused-ring (bicyclic) bond motifs is 2. The summed E-state index contributed by atoms with van der Waals surface area (Å²) in [5.74, 6) is -0.921. The Balaban J connectivity index is 1.20. The van der Waals surface area contributed by atoms with Crippen LogP contribution in [0.4, 0.5) is 0 Å². The molecule has 4 aliphatic heterocycles. The molecule has 0 spiro atoms. The summed E-state index contributed by atoms with van der Waals surface area (Å²) in [5, 5.41) is 139. The highest BCUT2D eigenvalue weighted by atomic mass is 16.8. The molecule has 0 aromatic carbocycles. The molecular weight excluding hydrogens is 1000 g/mol. The molecule has 23 nitrogen and oxygen atoms in total. The third-order valence-electron chi connectivity index (χ3n) is 16.7. The lowest BCUT2D eigenvalue weighted by Crippen LogP contribution is -2.65. The van der Waals surface area contributed by atoms with Crippen LogP contribution in [-0.4, -0.2) is 248 Å². The van der Waals surface area contributed by atoms with Gasteiger partial charge in [-0.3, -0.25) is 0 Å². The lowest BCUT2D eigenvalue weighted by atomic mass is 9.76. The van der Waals surface area contributed by atoms with E-state index in [4.69, 9.17) is 47.4 Å². The van der Waals surface area contributed by atoms with Crippen molar-refractivity contribution in [2.45, 2.75) is 258 Å². The second-order valence-electron chi connectivity index (χ2n) is 22.1. The first-order valence-electron chi connectivity index (χ1n) is 28.7. The van der Waals surface area contributed by atoms with E-state index in [1.165, 1.54) is 64.2 Å². The van der Waals surface area contributed by atoms with Gasteiger partial charge >= 0.3 is 0 Å². The second-order valence-corrected chi connectivity index (χ2v) is 22.1. The predicted octanol–water partition coefficient (Wildman–Crippen LogP) is -0.769. The van der Waals surface area contributed by atoms with E-state index in [-0.39, 0.29) is 30.1 Å². The van der Waals surface area contributed by atoms with Crippen molar-refractivity contribution in [2.24, 2.45) is 23.7 Å². The summed E-state index contributed by atoms with van der Waals surface area (Å²) in [6, 6.07) is 0. The summed E-state index contributed by atoms with van der Waals surface area (Å²) in [6.07, 6.45) is -13.1. The smallest absolute Gasteiger partial charge is 0.187 e. The maximum atomic E-state index is 11.7. The van der Waals surface area contributed by atoms with Gasteiger partial charge in [-0.05, 0) is 42.9 Å². The van der Waals surface area contributed by atoms with E-state index < -0.39 is 155 Å². The summed E-state index contributed by atoms with van der Waals surface area (Å²) >= 11 is 0. The molecule has 2 bridgehead atoms. The van der Waals surface area contributed by atoms with E-state index in [0.29, 0.717) is 32.8 Å². The van der Waals surface area contributed by atoms with Crippen molar-refractivity contribution in [3.63, 3.8) is 0 Å². The number of aliphatic hydroxyl groups excluding tert-OH is 13. The Labute approximate surface area is 447 Å². The minimum atomic E-state index is -1.85. The highest BCUT2D eigenvalue weighted by Crippen LogP contribution is 2.56. The summed E-state index contributed by atoms with van der Waals surface area (Å²) in [7, 11) is 0. The van der Waals surface area contributed by atoms with E-state index >= 15 is 0 Å². The van der Waals surface area contributed by atoms with E-state index in [9.17, 15) is 66.4 Å². The van der Waals surface area contributed by atoms with Gasteiger partial charge in [0.25, 0.3) is 0 Å². The van der Waals surface area contributed by atoms with E-state index in [1.807, 2.05) is 0 Å². The SMILES string of the molecule is CCCCCCCCCCOCC1C2C[C@@H](C1COCCCCCCCCCC)[C@@H](O[C@@H]1OC(CO)[C@@H](O[C@H]3OC(CO)[C@@H](O)[C@H](O)C3O)[C@H](O)C1O)C2O[C@@H]1OC(CO)[C@@H](O[C@H]2OC(CO)[C@@H](O)[C@H](O)C2O)CC1O. The zero-order chi connectivity index (χ0) is 54.9. The van der Waals surface area contributed by atoms with Crippen LogP contribution in [0.15, 0.2) is 0 Å². The fraction of sp³-hybridized carbons (Fsp3) is 1.00. The van der Waals surface area contributed by atoms with Crippen molar-refractivity contribution in [2.75, 3.05) is 52.9 Å². The number of ether oxygens (including phenoxy) is 10. The first-order chi connectivity index (χ1) is 36.7. The zero-order valence-corrected chi connectivity index (χ0v) is 44.7. The van der Waals surface area contributed by atoms with Gasteiger partial charge in [0.1, 0.15) is 85.5 Å². The molecule has 0 aromatic rings. The number of unbranched alkanes of at least 4 members (excludes halogenated alkanes) is 14. The summed E-state index contributed by atoms with van der Waals surface area (Å²) < 4.78 is 61.5. The average molecular weight is 1100 g/mol. The molecule has 6 fully saturated rings. The zero-order valence-electron chi connectivity index (χ0n) is 44.7. The minimum absolute atomic E-state index is 0.136. The van der Waals surface area contributed by atoms with Crippen molar-refractivity contribution < 1.29 is 114 Å². The molecule has 4 heterocycles. The van der Waals surface area contributed by atoms with Crippen LogP contribution in [0, 0.1) is 23.7 Å². The van der Waals surface area contributed by atoms with Crippen LogP contribution in [0.1, 0.15) is 129 Å². The Morgan fingerprint density at radius 3 is 1.17 bits per heavy atom. The van der Waals surface area contributed by atoms with Crippen molar-refractivity contribution in [3.05, 3.63) is 0 Å². The van der Waals surface area contributed by atoms with Crippen LogP contribution >= 0.6 is 0 Å². The summed E-state index contributed by atoms with van der Waals surface area (Å²) in [4.78, 5) is 0. The first-order valence-corrected chi connectivity index (χ1v) is 28.7. The van der Waals surface area contributed by atoms with Crippen LogP contribution < -0.4 is 0 Å². The Morgan fingerprint density at radius 1 is 0.355 bits per heavy atom. The first kappa shape index (κ1) is 64.3. The number of hydrogen-bond donors (Lipinski definition) is 13. The molecule has 6 rings (SSSR count). The monoisotopic (exact) mass is 1100 g/mol. The minimum Gasteiger partial charge on any atom is -0.394 e. The topological polar surface area (TPSA) is 355 Å². The lowest BCUT2D eigenvalue weighted by Gasteiger charge is -2.48. The highest BCUT2D eigenvalue weighted by Gasteiger charge is 2.62. The molecule has 0 amide bonds. The van der Waals surface area contributed by atoms with E-state index in [1.54, 1.807) is 0 Å². The largest absolute Gasteiger partial charge is 0.394 e. The van der Waals surface area contributed by atoms with Crippen LogP contribution in [0.5, 0.6) is 0 Å². The molecule has 12 unspecified atom stereocenters. The molecule has 23 heteroatoms. The molecule has 25 atom stereocenters. The molecule has 0 aromatic heterocycles. The molecule has 13 N–H and O–H groups in total. The predicted molar refractivity (Wildman–Crippen MR) is 267 cm³/mol. The van der Waals surface area contributed by atoms with Gasteiger partial charge < -0.3 is 114 Å². The molecule has 76 heavy (non-hydrogen) atoms. The van der Waals surface area contributed by atoms with Crippen molar-refractivity contribution in [1.82, 2.24) is 0 Å². The van der Waals surface area contributed by atoms with Gasteiger partial charge in [-0.25, -0.2) is 0 Å². The summed E-state index contributed by atoms with van der Waals surface area (Å²) in [6.45, 7) is 3.33. The van der Waals surface area contributed by atoms with Gasteiger partial charge in [0.15, 0.2) is 25.2 Å². The third kappa shape index (κ3) is 16.6. The van der Waals surface area contributed by atoms with Gasteiger partial charge in [0.05, 0.1) is 58.0 Å². The maximum absolute atomic E-state index is 11.7. The second kappa shape index (κ2) is 32.6. The fourth-order valence-electron chi connectivity index (χ4n) is 12.1. The van der Waals surface area contributed by atoms with Gasteiger partial charge in [-0.1, -0.05) is 104 Å². The number of aliphatic hydroxyl groups is 13. The molecule has 0 radical (unpaired) electrons. The van der Waals surface area contributed by atoms with Crippen molar-refractivity contribution >= 4 is 0 Å². The van der Waals surface area contributed by atoms with Crippen molar-refractivity contribution in [1.29, 1.82) is 0 Å². The van der Waals surface area contributed by atoms with Gasteiger partial charge in [0.2, 0.25) is 0 Å². The molecule has 4 saturated heterocycles. The van der Waals surface area contributed by atoms with Crippen LogP contribution in [0.2, 0.25) is 0 Å². The molecule has 6 aliphatic rings. The van der Waals surface area contributed by atoms with Crippen LogP contribution in [0.3, 0.4) is 0 Å². The Hall–Kier alpha value is -0.920.